The van der Waals surface area contributed by atoms with Crippen molar-refractivity contribution in [2.24, 2.45) is 0 Å². The van der Waals surface area contributed by atoms with Gasteiger partial charge in [-0.1, -0.05) is 38.1 Å². The van der Waals surface area contributed by atoms with Gasteiger partial charge in [0.25, 0.3) is 0 Å². The molecule has 0 aliphatic rings. The van der Waals surface area contributed by atoms with Gasteiger partial charge >= 0.3 is 12.4 Å². The summed E-state index contributed by atoms with van der Waals surface area (Å²) in [6, 6.07) is 14.6. The normalized spacial score (nSPS) is 12.4. The summed E-state index contributed by atoms with van der Waals surface area (Å²) < 4.78 is 91.9. The van der Waals surface area contributed by atoms with Crippen LogP contribution in [0.1, 0.15) is 58.4 Å². The van der Waals surface area contributed by atoms with Gasteiger partial charge in [-0.05, 0) is 97.5 Å². The molecular weight excluding hydrogens is 570 g/mol. The first-order valence-electron chi connectivity index (χ1n) is 13.3. The quantitative estimate of drug-likeness (QED) is 0.170. The van der Waals surface area contributed by atoms with Gasteiger partial charge in [0.1, 0.15) is 23.0 Å². The fraction of sp³-hybridized carbons (Fsp3) is 0.273. The van der Waals surface area contributed by atoms with Crippen molar-refractivity contribution in [2.75, 3.05) is 11.5 Å². The highest BCUT2D eigenvalue weighted by Crippen LogP contribution is 2.42. The van der Waals surface area contributed by atoms with Crippen molar-refractivity contribution in [2.45, 2.75) is 59.3 Å². The van der Waals surface area contributed by atoms with Crippen molar-refractivity contribution < 1.29 is 35.8 Å². The molecule has 0 saturated heterocycles. The maximum Gasteiger partial charge on any atom is 0.418 e. The summed E-state index contributed by atoms with van der Waals surface area (Å²) in [6.45, 7) is 11.3. The highest BCUT2D eigenvalue weighted by molar-refractivity contribution is 5.57. The lowest BCUT2D eigenvalue weighted by molar-refractivity contribution is -0.137. The molecule has 0 aromatic heterocycles. The van der Waals surface area contributed by atoms with Crippen LogP contribution in [0.15, 0.2) is 60.7 Å². The lowest BCUT2D eigenvalue weighted by Gasteiger charge is -2.29. The molecule has 0 aliphatic carbocycles. The largest absolute Gasteiger partial charge is 0.457 e. The molecule has 0 unspecified atom stereocenters. The Morgan fingerprint density at radius 3 is 1.09 bits per heavy atom. The Morgan fingerprint density at radius 2 is 0.814 bits per heavy atom. The first-order valence-corrected chi connectivity index (χ1v) is 13.3. The zero-order valence-electron chi connectivity index (χ0n) is 24.5. The number of aryl methyl sites for hydroxylation is 4. The van der Waals surface area contributed by atoms with E-state index in [1.165, 1.54) is 24.3 Å². The van der Waals surface area contributed by atoms with Crippen molar-refractivity contribution >= 4 is 11.4 Å². The maximum absolute atomic E-state index is 13.3. The van der Waals surface area contributed by atoms with Crippen LogP contribution in [0.5, 0.6) is 23.0 Å². The van der Waals surface area contributed by atoms with Gasteiger partial charge in [-0.3, -0.25) is 0 Å². The average Bonchev–Trinajstić information content (AvgIpc) is 2.88. The van der Waals surface area contributed by atoms with Crippen molar-refractivity contribution in [3.8, 4) is 23.0 Å². The molecule has 0 aliphatic heterocycles. The summed E-state index contributed by atoms with van der Waals surface area (Å²) in [4.78, 5) is 0. The van der Waals surface area contributed by atoms with E-state index in [4.69, 9.17) is 20.9 Å². The van der Waals surface area contributed by atoms with E-state index in [1.54, 1.807) is 0 Å². The monoisotopic (exact) mass is 602 g/mol. The minimum atomic E-state index is -4.61. The van der Waals surface area contributed by atoms with Crippen LogP contribution in [0, 0.1) is 27.7 Å². The van der Waals surface area contributed by atoms with Crippen molar-refractivity contribution in [3.05, 3.63) is 105 Å². The molecule has 228 valence electrons. The van der Waals surface area contributed by atoms with Gasteiger partial charge in [0.05, 0.1) is 11.1 Å². The topological polar surface area (TPSA) is 70.5 Å². The van der Waals surface area contributed by atoms with Crippen molar-refractivity contribution in [1.82, 2.24) is 0 Å². The molecule has 0 heterocycles. The van der Waals surface area contributed by atoms with Crippen LogP contribution in [0.3, 0.4) is 0 Å². The third-order valence-corrected chi connectivity index (χ3v) is 7.46. The molecule has 0 bridgehead atoms. The Labute approximate surface area is 246 Å². The summed E-state index contributed by atoms with van der Waals surface area (Å²) in [5.74, 6) is 0.917. The zero-order valence-corrected chi connectivity index (χ0v) is 24.5. The summed E-state index contributed by atoms with van der Waals surface area (Å²) in [5.41, 5.74) is 12.6. The number of halogens is 6. The molecule has 0 spiro atoms. The minimum absolute atomic E-state index is 0.0185. The second-order valence-electron chi connectivity index (χ2n) is 11.2. The predicted molar refractivity (Wildman–Crippen MR) is 156 cm³/mol. The lowest BCUT2D eigenvalue weighted by atomic mass is 9.76. The maximum atomic E-state index is 13.3. The van der Waals surface area contributed by atoms with E-state index < -0.39 is 28.9 Å². The van der Waals surface area contributed by atoms with Gasteiger partial charge < -0.3 is 20.9 Å². The Hall–Kier alpha value is -4.34. The smallest absolute Gasteiger partial charge is 0.418 e. The fourth-order valence-electron chi connectivity index (χ4n) is 5.04. The Bertz CT molecular complexity index is 1520. The van der Waals surface area contributed by atoms with E-state index >= 15 is 0 Å². The van der Waals surface area contributed by atoms with Crippen LogP contribution in [0.2, 0.25) is 0 Å². The second kappa shape index (κ2) is 11.1. The first kappa shape index (κ1) is 31.6. The van der Waals surface area contributed by atoms with E-state index in [9.17, 15) is 26.3 Å². The van der Waals surface area contributed by atoms with E-state index in [0.29, 0.717) is 11.5 Å². The predicted octanol–water partition coefficient (Wildman–Crippen LogP) is 10.0. The number of alkyl halides is 6. The molecule has 4 rings (SSSR count). The van der Waals surface area contributed by atoms with Crippen LogP contribution in [0.4, 0.5) is 37.7 Å². The molecule has 4 N–H and O–H groups in total. The number of hydrogen-bond donors (Lipinski definition) is 2. The van der Waals surface area contributed by atoms with E-state index in [2.05, 4.69) is 0 Å². The van der Waals surface area contributed by atoms with Crippen LogP contribution in [-0.4, -0.2) is 0 Å². The van der Waals surface area contributed by atoms with Crippen LogP contribution < -0.4 is 20.9 Å². The molecule has 0 saturated carbocycles. The fourth-order valence-corrected chi connectivity index (χ4v) is 5.04. The van der Waals surface area contributed by atoms with Gasteiger partial charge in [-0.25, -0.2) is 0 Å². The Morgan fingerprint density at radius 1 is 0.512 bits per heavy atom. The molecule has 4 nitrogen and oxygen atoms in total. The van der Waals surface area contributed by atoms with E-state index in [-0.39, 0.29) is 22.9 Å². The number of ether oxygens (including phenoxy) is 2. The molecule has 0 radical (unpaired) electrons. The minimum Gasteiger partial charge on any atom is -0.457 e. The first-order chi connectivity index (χ1) is 19.8. The number of nitrogens with two attached hydrogens (primary N) is 2. The van der Waals surface area contributed by atoms with Gasteiger partial charge in [0.2, 0.25) is 0 Å². The van der Waals surface area contributed by atoms with Gasteiger partial charge in [-0.2, -0.15) is 26.3 Å². The Balaban J connectivity index is 1.65. The van der Waals surface area contributed by atoms with Gasteiger partial charge in [0.15, 0.2) is 0 Å². The summed E-state index contributed by atoms with van der Waals surface area (Å²) in [6.07, 6.45) is -9.22. The SMILES string of the molecule is Cc1cc(C(C)(C)c2cc(C)c(Oc3ccc(N)c(C(F)(F)F)c3)c(C)c2)cc(C)c1Oc1ccc(N)c(C(F)(F)F)c1. The second-order valence-corrected chi connectivity index (χ2v) is 11.2. The van der Waals surface area contributed by atoms with E-state index in [1.807, 2.05) is 65.8 Å². The summed E-state index contributed by atoms with van der Waals surface area (Å²) >= 11 is 0. The molecule has 43 heavy (non-hydrogen) atoms. The lowest BCUT2D eigenvalue weighted by Crippen LogP contribution is -2.20. The van der Waals surface area contributed by atoms with E-state index in [0.717, 1.165) is 45.5 Å². The highest BCUT2D eigenvalue weighted by atomic mass is 19.4. The van der Waals surface area contributed by atoms with Gasteiger partial charge in [-0.15, -0.1) is 0 Å². The van der Waals surface area contributed by atoms with Crippen molar-refractivity contribution in [3.63, 3.8) is 0 Å². The number of benzene rings is 4. The summed E-state index contributed by atoms with van der Waals surface area (Å²) in [5, 5.41) is 0. The van der Waals surface area contributed by atoms with Crippen LogP contribution >= 0.6 is 0 Å². The highest BCUT2D eigenvalue weighted by Gasteiger charge is 2.34. The van der Waals surface area contributed by atoms with Crippen molar-refractivity contribution in [1.29, 1.82) is 0 Å². The molecule has 0 fully saturated rings. The standard InChI is InChI=1S/C33H32F6N2O2/c1-17-11-21(12-18(2)29(17)42-23-7-9-27(40)25(15-23)32(34,35)36)31(5,6)22-13-19(3)30(20(4)14-22)43-24-8-10-28(41)26(16-24)33(37,38)39/h7-16H,40-41H2,1-6H3. The number of hydrogen-bond acceptors (Lipinski definition) is 4. The molecule has 10 heteroatoms. The third kappa shape index (κ3) is 6.53. The zero-order chi connectivity index (χ0) is 32.1. The number of anilines is 2. The van der Waals surface area contributed by atoms with Crippen LogP contribution in [-0.2, 0) is 17.8 Å². The Kier molecular flexibility index (Phi) is 8.12. The summed E-state index contributed by atoms with van der Waals surface area (Å²) in [7, 11) is 0. The van der Waals surface area contributed by atoms with Crippen LogP contribution in [0.25, 0.3) is 0 Å². The molecule has 0 amide bonds. The molecular formula is C33H32F6N2O2. The molecule has 0 atom stereocenters. The third-order valence-electron chi connectivity index (χ3n) is 7.46. The molecule has 4 aromatic rings. The number of nitrogen functional groups attached to an aromatic ring is 2. The average molecular weight is 603 g/mol. The number of rotatable bonds is 6. The molecule has 4 aromatic carbocycles. The van der Waals surface area contributed by atoms with Gasteiger partial charge in [0, 0.05) is 16.8 Å².